The molecular formula is H7CaNO5. The third-order valence-corrected chi connectivity index (χ3v) is 0. The number of rotatable bonds is 0. The summed E-state index contributed by atoms with van der Waals surface area (Å²) in [5.74, 6) is 0. The van der Waals surface area contributed by atoms with Crippen LogP contribution in [0.2, 0.25) is 0 Å². The van der Waals surface area contributed by atoms with Gasteiger partial charge in [-0.3, -0.25) is 0 Å². The maximum absolute atomic E-state index is 8.36. The average Bonchev–Trinajstić information content (AvgIpc) is 0.811. The predicted octanol–water partition coefficient (Wildman–Crippen LogP) is -2.91. The molecule has 0 aliphatic heterocycles. The minimum absolute atomic E-state index is 0. The second-order valence-electron chi connectivity index (χ2n) is 0.238. The van der Waals surface area contributed by atoms with Gasteiger partial charge in [0.05, 0.1) is 0 Å². The van der Waals surface area contributed by atoms with Crippen LogP contribution in [0.15, 0.2) is 0 Å². The van der Waals surface area contributed by atoms with E-state index in [1.54, 1.807) is 0 Å². The van der Waals surface area contributed by atoms with E-state index in [1.165, 1.54) is 0 Å². The fourth-order valence-electron chi connectivity index (χ4n) is 0. The normalized spacial score (nSPS) is 3.43. The SMILES string of the molecule is O.O.O=[N+]([O-])O.[CaH2]. The predicted molar refractivity (Wildman–Crippen MR) is 24.6 cm³/mol. The van der Waals surface area contributed by atoms with E-state index in [0.717, 1.165) is 0 Å². The summed E-state index contributed by atoms with van der Waals surface area (Å²) < 4.78 is 0. The van der Waals surface area contributed by atoms with Gasteiger partial charge in [-0.05, 0) is 0 Å². The zero-order chi connectivity index (χ0) is 3.58. The Hall–Kier alpha value is 0.380. The quantitative estimate of drug-likeness (QED) is 0.220. The van der Waals surface area contributed by atoms with Crippen molar-refractivity contribution >= 4 is 37.7 Å². The van der Waals surface area contributed by atoms with Gasteiger partial charge in [0.1, 0.15) is 0 Å². The van der Waals surface area contributed by atoms with E-state index in [4.69, 9.17) is 15.3 Å². The zero-order valence-corrected chi connectivity index (χ0v) is 2.71. The molecule has 44 valence electrons. The van der Waals surface area contributed by atoms with Crippen LogP contribution in [0.5, 0.6) is 0 Å². The Morgan fingerprint density at radius 3 is 1.43 bits per heavy atom. The standard InChI is InChI=1S/Ca.HNO3.2H2O.2H/c;2-1(3)4;;;;/h;(H,2,3,4);2*1H2;;. The fraction of sp³-hybridized carbons (Fsp3) is 0. The van der Waals surface area contributed by atoms with Gasteiger partial charge in [0.15, 0.2) is 0 Å². The molecule has 5 N–H and O–H groups in total. The first-order chi connectivity index (χ1) is 1.73. The molecule has 0 saturated heterocycles. The summed E-state index contributed by atoms with van der Waals surface area (Å²) >= 11 is 0. The van der Waals surface area contributed by atoms with Crippen LogP contribution in [-0.2, 0) is 0 Å². The summed E-state index contributed by atoms with van der Waals surface area (Å²) in [6.45, 7) is 0. The van der Waals surface area contributed by atoms with Crippen molar-refractivity contribution in [3.05, 3.63) is 10.1 Å². The molecular weight excluding hydrogens is 134 g/mol. The van der Waals surface area contributed by atoms with Crippen LogP contribution in [0.4, 0.5) is 0 Å². The fourth-order valence-corrected chi connectivity index (χ4v) is 0. The number of hydrogen-bond acceptors (Lipinski definition) is 2. The van der Waals surface area contributed by atoms with Crippen molar-refractivity contribution in [1.82, 2.24) is 0 Å². The zero-order valence-electron chi connectivity index (χ0n) is 2.71. The summed E-state index contributed by atoms with van der Waals surface area (Å²) in [5.41, 5.74) is 0. The molecule has 7 heavy (non-hydrogen) atoms. The van der Waals surface area contributed by atoms with E-state index in [1.807, 2.05) is 0 Å². The minimum atomic E-state index is -1.50. The van der Waals surface area contributed by atoms with Crippen LogP contribution in [0.3, 0.4) is 0 Å². The molecule has 6 nitrogen and oxygen atoms in total. The summed E-state index contributed by atoms with van der Waals surface area (Å²) in [7, 11) is 0. The third-order valence-electron chi connectivity index (χ3n) is 0. The molecule has 0 aromatic heterocycles. The molecule has 0 bridgehead atoms. The van der Waals surface area contributed by atoms with Gasteiger partial charge in [-0.2, -0.15) is 0 Å². The van der Waals surface area contributed by atoms with Gasteiger partial charge in [0.2, 0.25) is 0 Å². The van der Waals surface area contributed by atoms with E-state index in [0.29, 0.717) is 0 Å². The van der Waals surface area contributed by atoms with Gasteiger partial charge in [-0.1, -0.05) is 0 Å². The molecule has 0 unspecified atom stereocenters. The Bertz CT molecular complexity index is 31.1. The molecule has 0 aromatic rings. The van der Waals surface area contributed by atoms with Crippen molar-refractivity contribution in [2.45, 2.75) is 0 Å². The van der Waals surface area contributed by atoms with Gasteiger partial charge < -0.3 is 16.2 Å². The Morgan fingerprint density at radius 1 is 1.43 bits per heavy atom. The van der Waals surface area contributed by atoms with Crippen molar-refractivity contribution in [3.8, 4) is 0 Å². The van der Waals surface area contributed by atoms with E-state index in [9.17, 15) is 0 Å². The van der Waals surface area contributed by atoms with Crippen LogP contribution in [0, 0.1) is 10.1 Å². The molecule has 0 aromatic carbocycles. The van der Waals surface area contributed by atoms with Gasteiger partial charge in [-0.15, -0.1) is 10.1 Å². The Labute approximate surface area is 68.9 Å². The van der Waals surface area contributed by atoms with Gasteiger partial charge in [-0.25, -0.2) is 0 Å². The summed E-state index contributed by atoms with van der Waals surface area (Å²) in [5, 5.41) is 13.6. The van der Waals surface area contributed by atoms with Gasteiger partial charge >= 0.3 is 37.7 Å². The van der Waals surface area contributed by atoms with Crippen molar-refractivity contribution in [2.24, 2.45) is 0 Å². The summed E-state index contributed by atoms with van der Waals surface area (Å²) in [6, 6.07) is 0. The molecule has 0 spiro atoms. The second kappa shape index (κ2) is 16.2. The van der Waals surface area contributed by atoms with Crippen molar-refractivity contribution < 1.29 is 21.2 Å². The van der Waals surface area contributed by atoms with Crippen LogP contribution >= 0.6 is 0 Å². The number of hydrogen-bond donors (Lipinski definition) is 1. The van der Waals surface area contributed by atoms with Gasteiger partial charge in [0, 0.05) is 0 Å². The topological polar surface area (TPSA) is 126 Å². The summed E-state index contributed by atoms with van der Waals surface area (Å²) in [6.07, 6.45) is 0. The van der Waals surface area contributed by atoms with E-state index >= 15 is 0 Å². The molecule has 0 rings (SSSR count). The molecule has 0 saturated carbocycles. The van der Waals surface area contributed by atoms with E-state index in [2.05, 4.69) is 0 Å². The first kappa shape index (κ1) is 26.3. The monoisotopic (exact) mass is 141 g/mol. The Morgan fingerprint density at radius 2 is 1.43 bits per heavy atom. The summed E-state index contributed by atoms with van der Waals surface area (Å²) in [4.78, 5) is 8.36. The number of nitrogens with zero attached hydrogens (tertiary/aromatic N) is 1. The molecule has 0 aliphatic carbocycles. The molecule has 0 atom stereocenters. The van der Waals surface area contributed by atoms with E-state index < -0.39 is 5.09 Å². The Balaban J connectivity index is -0.0000000150. The molecule has 0 aliphatic rings. The maximum atomic E-state index is 8.36. The van der Waals surface area contributed by atoms with Crippen molar-refractivity contribution in [3.63, 3.8) is 0 Å². The van der Waals surface area contributed by atoms with Crippen LogP contribution in [0.25, 0.3) is 0 Å². The van der Waals surface area contributed by atoms with Crippen molar-refractivity contribution in [1.29, 1.82) is 0 Å². The second-order valence-corrected chi connectivity index (χ2v) is 0.238. The molecule has 0 radical (unpaired) electrons. The van der Waals surface area contributed by atoms with Crippen LogP contribution in [0.1, 0.15) is 0 Å². The molecule has 7 heteroatoms. The third kappa shape index (κ3) is 849. The van der Waals surface area contributed by atoms with Crippen LogP contribution in [-0.4, -0.2) is 59.0 Å². The Kier molecular flexibility index (Phi) is 60.7. The average molecular weight is 141 g/mol. The van der Waals surface area contributed by atoms with E-state index in [-0.39, 0.29) is 48.7 Å². The molecule has 0 fully saturated rings. The molecule has 0 heterocycles. The first-order valence-corrected chi connectivity index (χ1v) is 0.565. The van der Waals surface area contributed by atoms with Crippen LogP contribution < -0.4 is 0 Å². The van der Waals surface area contributed by atoms with Crippen molar-refractivity contribution in [2.75, 3.05) is 0 Å². The molecule has 0 amide bonds. The first-order valence-electron chi connectivity index (χ1n) is 0.565. The van der Waals surface area contributed by atoms with Gasteiger partial charge in [0.25, 0.3) is 5.09 Å².